The van der Waals surface area contributed by atoms with E-state index in [1.165, 1.54) is 31.2 Å². The normalized spacial score (nSPS) is 29.7. The number of carbonyl (C=O) groups is 1. The van der Waals surface area contributed by atoms with Crippen LogP contribution in [0.3, 0.4) is 0 Å². The molecule has 6 heteroatoms. The highest BCUT2D eigenvalue weighted by Gasteiger charge is 2.40. The maximum absolute atomic E-state index is 12.2. The van der Waals surface area contributed by atoms with Crippen molar-refractivity contribution >= 4 is 11.7 Å². The van der Waals surface area contributed by atoms with E-state index < -0.39 is 0 Å². The van der Waals surface area contributed by atoms with Crippen LogP contribution < -0.4 is 4.90 Å². The monoisotopic (exact) mass is 413 g/mol. The van der Waals surface area contributed by atoms with Gasteiger partial charge in [0, 0.05) is 68.1 Å². The molecule has 2 bridgehead atoms. The molecule has 2 unspecified atom stereocenters. The van der Waals surface area contributed by atoms with Gasteiger partial charge in [0.25, 0.3) is 0 Å². The summed E-state index contributed by atoms with van der Waals surface area (Å²) in [7, 11) is 4.41. The van der Waals surface area contributed by atoms with Gasteiger partial charge >= 0.3 is 0 Å². The second kappa shape index (κ2) is 9.31. The molecule has 0 amide bonds. The Morgan fingerprint density at radius 2 is 1.67 bits per heavy atom. The zero-order valence-electron chi connectivity index (χ0n) is 19.3. The van der Waals surface area contributed by atoms with Gasteiger partial charge in [-0.1, -0.05) is 13.8 Å². The van der Waals surface area contributed by atoms with E-state index in [1.54, 1.807) is 0 Å². The van der Waals surface area contributed by atoms with Crippen LogP contribution in [0.5, 0.6) is 0 Å². The summed E-state index contributed by atoms with van der Waals surface area (Å²) in [6, 6.07) is 1.14. The van der Waals surface area contributed by atoms with Crippen molar-refractivity contribution in [2.75, 3.05) is 38.6 Å². The van der Waals surface area contributed by atoms with Gasteiger partial charge in [-0.15, -0.1) is 0 Å². The summed E-state index contributed by atoms with van der Waals surface area (Å²) in [6.07, 6.45) is 11.1. The zero-order valence-corrected chi connectivity index (χ0v) is 19.3. The van der Waals surface area contributed by atoms with Crippen molar-refractivity contribution in [1.82, 2.24) is 19.8 Å². The highest BCUT2D eigenvalue weighted by atomic mass is 16.1. The highest BCUT2D eigenvalue weighted by Crippen LogP contribution is 2.33. The number of likely N-dealkylation sites (N-methyl/N-ethyl adjacent to an activating group) is 1. The predicted molar refractivity (Wildman–Crippen MR) is 120 cm³/mol. The van der Waals surface area contributed by atoms with E-state index in [0.717, 1.165) is 45.0 Å². The van der Waals surface area contributed by atoms with Gasteiger partial charge in [-0.05, 0) is 58.5 Å². The van der Waals surface area contributed by atoms with E-state index in [1.807, 2.05) is 26.2 Å². The number of rotatable bonds is 7. The minimum absolute atomic E-state index is 0.179. The lowest BCUT2D eigenvalue weighted by atomic mass is 9.77. The standard InChI is InChI=1S/C24H39N5O/c1-17(2)23(30)20-7-5-18(6-8-20)13-27(3)14-19-11-25-24(26-12-19)29-21-9-10-22(29)16-28(4)15-21/h11-12,17-18,20-22H,5-10,13-16H2,1-4H3. The molecule has 3 aliphatic rings. The Morgan fingerprint density at radius 3 is 2.23 bits per heavy atom. The average molecular weight is 414 g/mol. The molecule has 2 saturated heterocycles. The van der Waals surface area contributed by atoms with E-state index in [4.69, 9.17) is 9.97 Å². The summed E-state index contributed by atoms with van der Waals surface area (Å²) < 4.78 is 0. The number of hydrogen-bond donors (Lipinski definition) is 0. The fraction of sp³-hybridized carbons (Fsp3) is 0.792. The van der Waals surface area contributed by atoms with E-state index in [9.17, 15) is 4.79 Å². The molecule has 6 nitrogen and oxygen atoms in total. The van der Waals surface area contributed by atoms with Crippen LogP contribution in [-0.4, -0.2) is 71.4 Å². The molecule has 30 heavy (non-hydrogen) atoms. The van der Waals surface area contributed by atoms with Crippen LogP contribution in [0.1, 0.15) is 57.9 Å². The molecule has 1 aromatic heterocycles. The van der Waals surface area contributed by atoms with Gasteiger partial charge in [0.15, 0.2) is 0 Å². The molecular formula is C24H39N5O. The third kappa shape index (κ3) is 4.86. The summed E-state index contributed by atoms with van der Waals surface area (Å²) in [6.45, 7) is 8.28. The third-order valence-corrected chi connectivity index (χ3v) is 7.43. The Labute approximate surface area is 182 Å². The molecule has 0 aromatic carbocycles. The van der Waals surface area contributed by atoms with E-state index in [0.29, 0.717) is 29.7 Å². The maximum atomic E-state index is 12.2. The van der Waals surface area contributed by atoms with Gasteiger partial charge in [0.2, 0.25) is 5.95 Å². The SMILES string of the molecule is CC(C)C(=O)C1CCC(CN(C)Cc2cnc(N3C4CCC3CN(C)C4)nc2)CC1. The summed E-state index contributed by atoms with van der Waals surface area (Å²) in [4.78, 5) is 29.0. The van der Waals surface area contributed by atoms with Gasteiger partial charge in [0.05, 0.1) is 0 Å². The maximum Gasteiger partial charge on any atom is 0.225 e. The number of carbonyl (C=O) groups excluding carboxylic acids is 1. The summed E-state index contributed by atoms with van der Waals surface area (Å²) in [5.74, 6) is 2.56. The van der Waals surface area contributed by atoms with Gasteiger partial charge < -0.3 is 14.7 Å². The van der Waals surface area contributed by atoms with Crippen LogP contribution in [-0.2, 0) is 11.3 Å². The lowest BCUT2D eigenvalue weighted by Gasteiger charge is -2.39. The largest absolute Gasteiger partial charge is 0.332 e. The van der Waals surface area contributed by atoms with Crippen molar-refractivity contribution in [3.05, 3.63) is 18.0 Å². The topological polar surface area (TPSA) is 52.6 Å². The van der Waals surface area contributed by atoms with Crippen LogP contribution in [0.15, 0.2) is 12.4 Å². The van der Waals surface area contributed by atoms with Gasteiger partial charge in [-0.3, -0.25) is 4.79 Å². The van der Waals surface area contributed by atoms with Gasteiger partial charge in [-0.25, -0.2) is 9.97 Å². The first kappa shape index (κ1) is 21.7. The van der Waals surface area contributed by atoms with Crippen molar-refractivity contribution in [1.29, 1.82) is 0 Å². The number of Topliss-reactive ketones (excluding diaryl/α,β-unsaturated/α-hetero) is 1. The molecule has 1 aromatic rings. The Kier molecular flexibility index (Phi) is 6.73. The number of hydrogen-bond acceptors (Lipinski definition) is 6. The average Bonchev–Trinajstić information content (AvgIpc) is 2.99. The first-order chi connectivity index (χ1) is 14.4. The summed E-state index contributed by atoms with van der Waals surface area (Å²) >= 11 is 0. The Bertz CT molecular complexity index is 699. The van der Waals surface area contributed by atoms with Crippen LogP contribution in [0, 0.1) is 17.8 Å². The second-order valence-corrected chi connectivity index (χ2v) is 10.4. The number of fused-ring (bicyclic) bond motifs is 2. The molecule has 3 heterocycles. The molecule has 1 saturated carbocycles. The van der Waals surface area contributed by atoms with Crippen molar-refractivity contribution < 1.29 is 4.79 Å². The van der Waals surface area contributed by atoms with Crippen molar-refractivity contribution in [2.45, 2.75) is 71.0 Å². The highest BCUT2D eigenvalue weighted by molar-refractivity contribution is 5.82. The second-order valence-electron chi connectivity index (χ2n) is 10.4. The lowest BCUT2D eigenvalue weighted by molar-refractivity contribution is -0.127. The van der Waals surface area contributed by atoms with Gasteiger partial charge in [0.1, 0.15) is 5.78 Å². The van der Waals surface area contributed by atoms with Crippen LogP contribution >= 0.6 is 0 Å². The number of anilines is 1. The van der Waals surface area contributed by atoms with Crippen LogP contribution in [0.2, 0.25) is 0 Å². The van der Waals surface area contributed by atoms with Gasteiger partial charge in [-0.2, -0.15) is 0 Å². The van der Waals surface area contributed by atoms with Crippen molar-refractivity contribution in [3.8, 4) is 0 Å². The summed E-state index contributed by atoms with van der Waals surface area (Å²) in [5, 5.41) is 0. The van der Waals surface area contributed by atoms with E-state index in [-0.39, 0.29) is 5.92 Å². The number of piperazine rings is 1. The molecule has 0 radical (unpaired) electrons. The zero-order chi connectivity index (χ0) is 21.3. The first-order valence-corrected chi connectivity index (χ1v) is 11.9. The Hall–Kier alpha value is -1.53. The molecule has 166 valence electrons. The molecule has 0 spiro atoms. The van der Waals surface area contributed by atoms with Crippen LogP contribution in [0.4, 0.5) is 5.95 Å². The fourth-order valence-corrected chi connectivity index (χ4v) is 5.92. The summed E-state index contributed by atoms with van der Waals surface area (Å²) in [5.41, 5.74) is 1.19. The van der Waals surface area contributed by atoms with E-state index >= 15 is 0 Å². The predicted octanol–water partition coefficient (Wildman–Crippen LogP) is 3.22. The molecule has 4 rings (SSSR count). The number of nitrogens with zero attached hydrogens (tertiary/aromatic N) is 5. The van der Waals surface area contributed by atoms with Crippen molar-refractivity contribution in [2.24, 2.45) is 17.8 Å². The number of likely N-dealkylation sites (tertiary alicyclic amines) is 1. The Balaban J connectivity index is 1.26. The van der Waals surface area contributed by atoms with Crippen molar-refractivity contribution in [3.63, 3.8) is 0 Å². The third-order valence-electron chi connectivity index (χ3n) is 7.43. The quantitative estimate of drug-likeness (QED) is 0.684. The molecule has 0 N–H and O–H groups in total. The molecule has 2 atom stereocenters. The molecule has 1 aliphatic carbocycles. The Morgan fingerprint density at radius 1 is 1.07 bits per heavy atom. The minimum atomic E-state index is 0.179. The van der Waals surface area contributed by atoms with E-state index in [2.05, 4.69) is 28.8 Å². The smallest absolute Gasteiger partial charge is 0.225 e. The lowest BCUT2D eigenvalue weighted by Crippen LogP contribution is -2.53. The van der Waals surface area contributed by atoms with Crippen LogP contribution in [0.25, 0.3) is 0 Å². The molecule has 2 aliphatic heterocycles. The number of aromatic nitrogens is 2. The minimum Gasteiger partial charge on any atom is -0.332 e. The number of ketones is 1. The molecule has 3 fully saturated rings. The molecular weight excluding hydrogens is 374 g/mol. The fourth-order valence-electron chi connectivity index (χ4n) is 5.92. The first-order valence-electron chi connectivity index (χ1n) is 11.9.